The van der Waals surface area contributed by atoms with Gasteiger partial charge >= 0.3 is 6.11 Å². The standard InChI is InChI=1S/C18H14ClF3N2O3S/c19-17(20)18(21,22)27-11-7-5-10(6-8-11)23-15(25)9-14-16(26)24-12-3-1-2-4-13(12)28-14/h1-8,14,17H,9H2,(H,23,25)(H,24,26)/t14-,17-/m0/s1. The number of benzene rings is 2. The zero-order valence-corrected chi connectivity index (χ0v) is 15.7. The summed E-state index contributed by atoms with van der Waals surface area (Å²) in [5.41, 5.74) is -1.98. The Kier molecular flexibility index (Phi) is 6.04. The van der Waals surface area contributed by atoms with Crippen LogP contribution in [0, 0.1) is 0 Å². The van der Waals surface area contributed by atoms with E-state index in [1.54, 1.807) is 12.1 Å². The number of thioether (sulfide) groups is 1. The van der Waals surface area contributed by atoms with Gasteiger partial charge in [-0.15, -0.1) is 11.8 Å². The van der Waals surface area contributed by atoms with Crippen molar-refractivity contribution in [2.24, 2.45) is 0 Å². The number of amides is 2. The lowest BCUT2D eigenvalue weighted by Gasteiger charge is -2.23. The Morgan fingerprint density at radius 1 is 1.25 bits per heavy atom. The van der Waals surface area contributed by atoms with E-state index in [0.29, 0.717) is 11.4 Å². The van der Waals surface area contributed by atoms with Crippen molar-refractivity contribution >= 4 is 46.6 Å². The molecule has 0 unspecified atom stereocenters. The van der Waals surface area contributed by atoms with Crippen LogP contribution in [0.4, 0.5) is 24.5 Å². The maximum Gasteiger partial charge on any atom is 0.444 e. The van der Waals surface area contributed by atoms with Crippen LogP contribution in [0.25, 0.3) is 0 Å². The Bertz CT molecular complexity index is 881. The molecule has 1 aliphatic rings. The predicted molar refractivity (Wildman–Crippen MR) is 101 cm³/mol. The maximum absolute atomic E-state index is 13.1. The van der Waals surface area contributed by atoms with Crippen molar-refractivity contribution in [3.8, 4) is 5.75 Å². The summed E-state index contributed by atoms with van der Waals surface area (Å²) < 4.78 is 43.0. The van der Waals surface area contributed by atoms with Crippen LogP contribution >= 0.6 is 23.4 Å². The van der Waals surface area contributed by atoms with Crippen LogP contribution in [0.15, 0.2) is 53.4 Å². The Balaban J connectivity index is 1.57. The SMILES string of the molecule is O=C(C[C@@H]1Sc2ccccc2NC1=O)Nc1ccc(OC(F)(F)[C@H](F)Cl)cc1. The quantitative estimate of drug-likeness (QED) is 0.655. The van der Waals surface area contributed by atoms with Gasteiger partial charge in [-0.3, -0.25) is 9.59 Å². The molecule has 148 valence electrons. The fraction of sp³-hybridized carbons (Fsp3) is 0.222. The number of carbonyl (C=O) groups is 2. The number of hydrogen-bond donors (Lipinski definition) is 2. The molecule has 1 aliphatic heterocycles. The monoisotopic (exact) mass is 430 g/mol. The number of ether oxygens (including phenoxy) is 1. The van der Waals surface area contributed by atoms with Crippen molar-refractivity contribution < 1.29 is 27.5 Å². The van der Waals surface area contributed by atoms with Gasteiger partial charge in [-0.05, 0) is 36.4 Å². The zero-order chi connectivity index (χ0) is 20.3. The van der Waals surface area contributed by atoms with Gasteiger partial charge in [0.05, 0.1) is 10.9 Å². The summed E-state index contributed by atoms with van der Waals surface area (Å²) in [7, 11) is 0. The Morgan fingerprint density at radius 3 is 2.61 bits per heavy atom. The molecule has 0 bridgehead atoms. The molecule has 0 aliphatic carbocycles. The maximum atomic E-state index is 13.1. The smallest absolute Gasteiger partial charge is 0.429 e. The highest BCUT2D eigenvalue weighted by molar-refractivity contribution is 8.01. The lowest BCUT2D eigenvalue weighted by atomic mass is 10.2. The summed E-state index contributed by atoms with van der Waals surface area (Å²) in [5, 5.41) is 4.72. The van der Waals surface area contributed by atoms with E-state index in [1.807, 2.05) is 12.1 Å². The molecule has 0 saturated heterocycles. The Labute approximate surface area is 167 Å². The Morgan fingerprint density at radius 2 is 1.93 bits per heavy atom. The second kappa shape index (κ2) is 8.32. The first kappa shape index (κ1) is 20.3. The molecular formula is C18H14ClF3N2O3S. The van der Waals surface area contributed by atoms with Gasteiger partial charge in [0.15, 0.2) is 0 Å². The van der Waals surface area contributed by atoms with Gasteiger partial charge < -0.3 is 15.4 Å². The largest absolute Gasteiger partial charge is 0.444 e. The summed E-state index contributed by atoms with van der Waals surface area (Å²) in [6.07, 6.45) is -4.24. The third-order valence-electron chi connectivity index (χ3n) is 3.72. The minimum atomic E-state index is -4.17. The van der Waals surface area contributed by atoms with E-state index in [2.05, 4.69) is 15.4 Å². The second-order valence-electron chi connectivity index (χ2n) is 5.83. The first-order chi connectivity index (χ1) is 13.2. The number of anilines is 2. The van der Waals surface area contributed by atoms with E-state index in [0.717, 1.165) is 17.0 Å². The highest BCUT2D eigenvalue weighted by Crippen LogP contribution is 2.36. The number of carbonyl (C=O) groups excluding carboxylic acids is 2. The van der Waals surface area contributed by atoms with Crippen LogP contribution in [-0.4, -0.2) is 28.8 Å². The minimum Gasteiger partial charge on any atom is -0.429 e. The third kappa shape index (κ3) is 4.90. The van der Waals surface area contributed by atoms with E-state index >= 15 is 0 Å². The average molecular weight is 431 g/mol. The molecule has 0 fully saturated rings. The lowest BCUT2D eigenvalue weighted by molar-refractivity contribution is -0.199. The predicted octanol–water partition coefficient (Wildman–Crippen LogP) is 4.63. The molecule has 0 spiro atoms. The molecule has 0 radical (unpaired) electrons. The molecule has 28 heavy (non-hydrogen) atoms. The molecule has 2 aromatic rings. The number of halogens is 4. The average Bonchev–Trinajstić information content (AvgIpc) is 2.63. The fourth-order valence-corrected chi connectivity index (χ4v) is 3.57. The van der Waals surface area contributed by atoms with Crippen molar-refractivity contribution in [2.75, 3.05) is 10.6 Å². The molecule has 1 heterocycles. The highest BCUT2D eigenvalue weighted by atomic mass is 35.5. The second-order valence-corrected chi connectivity index (χ2v) is 7.46. The molecule has 3 rings (SSSR count). The van der Waals surface area contributed by atoms with E-state index in [1.165, 1.54) is 23.9 Å². The number of alkyl halides is 4. The molecule has 0 saturated carbocycles. The van der Waals surface area contributed by atoms with E-state index in [-0.39, 0.29) is 18.1 Å². The molecule has 2 aromatic carbocycles. The van der Waals surface area contributed by atoms with Gasteiger partial charge in [0, 0.05) is 17.0 Å². The van der Waals surface area contributed by atoms with Crippen LogP contribution in [-0.2, 0) is 9.59 Å². The van der Waals surface area contributed by atoms with Crippen molar-refractivity contribution in [3.63, 3.8) is 0 Å². The number of fused-ring (bicyclic) bond motifs is 1. The van der Waals surface area contributed by atoms with Crippen molar-refractivity contribution in [1.29, 1.82) is 0 Å². The van der Waals surface area contributed by atoms with Crippen LogP contribution in [0.5, 0.6) is 5.75 Å². The Hall–Kier alpha value is -2.39. The third-order valence-corrected chi connectivity index (χ3v) is 5.25. The van der Waals surface area contributed by atoms with Crippen LogP contribution < -0.4 is 15.4 Å². The summed E-state index contributed by atoms with van der Waals surface area (Å²) in [6, 6.07) is 12.2. The number of para-hydroxylation sites is 1. The highest BCUT2D eigenvalue weighted by Gasteiger charge is 2.42. The number of nitrogens with one attached hydrogen (secondary N) is 2. The van der Waals surface area contributed by atoms with Gasteiger partial charge in [0.25, 0.3) is 5.63 Å². The summed E-state index contributed by atoms with van der Waals surface area (Å²) >= 11 is 6.01. The minimum absolute atomic E-state index is 0.0725. The van der Waals surface area contributed by atoms with Crippen molar-refractivity contribution in [1.82, 2.24) is 0 Å². The van der Waals surface area contributed by atoms with Crippen LogP contribution in [0.3, 0.4) is 0 Å². The van der Waals surface area contributed by atoms with Crippen LogP contribution in [0.2, 0.25) is 0 Å². The van der Waals surface area contributed by atoms with E-state index in [9.17, 15) is 22.8 Å². The van der Waals surface area contributed by atoms with Gasteiger partial charge in [-0.25, -0.2) is 4.39 Å². The molecule has 2 atom stereocenters. The normalized spacial score (nSPS) is 17.3. The summed E-state index contributed by atoms with van der Waals surface area (Å²) in [6.45, 7) is 0. The first-order valence-corrected chi connectivity index (χ1v) is 9.37. The summed E-state index contributed by atoms with van der Waals surface area (Å²) in [5.74, 6) is -1.01. The van der Waals surface area contributed by atoms with Crippen molar-refractivity contribution in [2.45, 2.75) is 28.3 Å². The van der Waals surface area contributed by atoms with Gasteiger partial charge in [0.1, 0.15) is 5.75 Å². The van der Waals surface area contributed by atoms with Crippen LogP contribution in [0.1, 0.15) is 6.42 Å². The first-order valence-electron chi connectivity index (χ1n) is 8.06. The number of hydrogen-bond acceptors (Lipinski definition) is 4. The zero-order valence-electron chi connectivity index (χ0n) is 14.1. The molecule has 0 aromatic heterocycles. The van der Waals surface area contributed by atoms with Crippen molar-refractivity contribution in [3.05, 3.63) is 48.5 Å². The van der Waals surface area contributed by atoms with E-state index < -0.39 is 22.9 Å². The molecule has 2 N–H and O–H groups in total. The molecule has 5 nitrogen and oxygen atoms in total. The van der Waals surface area contributed by atoms with Gasteiger partial charge in [-0.2, -0.15) is 8.78 Å². The molecule has 2 amide bonds. The molecular weight excluding hydrogens is 417 g/mol. The topological polar surface area (TPSA) is 67.4 Å². The van der Waals surface area contributed by atoms with E-state index in [4.69, 9.17) is 11.6 Å². The lowest BCUT2D eigenvalue weighted by Crippen LogP contribution is -2.32. The summed E-state index contributed by atoms with van der Waals surface area (Å²) in [4.78, 5) is 25.2. The number of rotatable bonds is 6. The fourth-order valence-electron chi connectivity index (χ4n) is 2.42. The van der Waals surface area contributed by atoms with Gasteiger partial charge in [0.2, 0.25) is 11.8 Å². The molecule has 10 heteroatoms. The van der Waals surface area contributed by atoms with Gasteiger partial charge in [-0.1, -0.05) is 23.7 Å².